The SMILES string of the molecule is CCN(c1cc(OC)c(OC)cc1C(=O)Nc1cccc(C(C)=O)c1)S(C)(=O)=O. The first kappa shape index (κ1) is 22.2. The summed E-state index contributed by atoms with van der Waals surface area (Å²) >= 11 is 0. The van der Waals surface area contributed by atoms with Crippen LogP contribution in [0.5, 0.6) is 11.5 Å². The lowest BCUT2D eigenvalue weighted by atomic mass is 10.1. The molecule has 0 saturated heterocycles. The Morgan fingerprint density at radius 1 is 1.07 bits per heavy atom. The Labute approximate surface area is 170 Å². The normalized spacial score (nSPS) is 10.9. The van der Waals surface area contributed by atoms with E-state index in [1.165, 1.54) is 33.3 Å². The minimum absolute atomic E-state index is 0.0863. The second-order valence-electron chi connectivity index (χ2n) is 6.24. The standard InChI is InChI=1S/C20H24N2O6S/c1-6-22(29(5,25)26)17-12-19(28-4)18(27-3)11-16(17)20(24)21-15-9-7-8-14(10-15)13(2)23/h7-12H,6H2,1-5H3,(H,21,24). The quantitative estimate of drug-likeness (QED) is 0.659. The molecule has 0 heterocycles. The van der Waals surface area contributed by atoms with E-state index in [1.54, 1.807) is 31.2 Å². The van der Waals surface area contributed by atoms with E-state index in [2.05, 4.69) is 5.32 Å². The molecule has 0 radical (unpaired) electrons. The average molecular weight is 420 g/mol. The highest BCUT2D eigenvalue weighted by atomic mass is 32.2. The summed E-state index contributed by atoms with van der Waals surface area (Å²) in [6, 6.07) is 9.35. The Balaban J connectivity index is 2.58. The van der Waals surface area contributed by atoms with Crippen molar-refractivity contribution in [3.63, 3.8) is 0 Å². The van der Waals surface area contributed by atoms with Crippen molar-refractivity contribution in [3.8, 4) is 11.5 Å². The van der Waals surface area contributed by atoms with Crippen LogP contribution in [-0.2, 0) is 10.0 Å². The van der Waals surface area contributed by atoms with Gasteiger partial charge in [0.2, 0.25) is 10.0 Å². The van der Waals surface area contributed by atoms with Gasteiger partial charge in [-0.3, -0.25) is 13.9 Å². The summed E-state index contributed by atoms with van der Waals surface area (Å²) in [4.78, 5) is 24.6. The van der Waals surface area contributed by atoms with Crippen molar-refractivity contribution in [1.29, 1.82) is 0 Å². The van der Waals surface area contributed by atoms with Crippen molar-refractivity contribution in [3.05, 3.63) is 47.5 Å². The highest BCUT2D eigenvalue weighted by Gasteiger charge is 2.25. The lowest BCUT2D eigenvalue weighted by Crippen LogP contribution is -2.31. The van der Waals surface area contributed by atoms with Crippen molar-refractivity contribution < 1.29 is 27.5 Å². The van der Waals surface area contributed by atoms with Crippen LogP contribution in [0.1, 0.15) is 34.6 Å². The summed E-state index contributed by atoms with van der Waals surface area (Å²) in [5.74, 6) is -0.117. The number of sulfonamides is 1. The molecule has 156 valence electrons. The second kappa shape index (κ2) is 8.95. The number of hydrogen-bond acceptors (Lipinski definition) is 6. The van der Waals surface area contributed by atoms with Crippen LogP contribution in [0.2, 0.25) is 0 Å². The monoisotopic (exact) mass is 420 g/mol. The fraction of sp³-hybridized carbons (Fsp3) is 0.300. The van der Waals surface area contributed by atoms with E-state index in [0.29, 0.717) is 17.0 Å². The topological polar surface area (TPSA) is 102 Å². The number of nitrogens with zero attached hydrogens (tertiary/aromatic N) is 1. The number of hydrogen-bond donors (Lipinski definition) is 1. The maximum atomic E-state index is 13.0. The van der Waals surface area contributed by atoms with Crippen LogP contribution in [0, 0.1) is 0 Å². The molecule has 1 N–H and O–H groups in total. The van der Waals surface area contributed by atoms with Crippen LogP contribution in [-0.4, -0.2) is 47.1 Å². The number of methoxy groups -OCH3 is 2. The molecule has 8 nitrogen and oxygen atoms in total. The number of ketones is 1. The number of benzene rings is 2. The number of nitrogens with one attached hydrogen (secondary N) is 1. The smallest absolute Gasteiger partial charge is 0.257 e. The van der Waals surface area contributed by atoms with Crippen LogP contribution in [0.15, 0.2) is 36.4 Å². The number of carbonyl (C=O) groups is 2. The molecule has 0 atom stereocenters. The fourth-order valence-corrected chi connectivity index (χ4v) is 3.83. The fourth-order valence-electron chi connectivity index (χ4n) is 2.85. The van der Waals surface area contributed by atoms with E-state index < -0.39 is 15.9 Å². The predicted octanol–water partition coefficient (Wildman–Crippen LogP) is 2.94. The van der Waals surface area contributed by atoms with Crippen LogP contribution < -0.4 is 19.1 Å². The molecule has 0 bridgehead atoms. The van der Waals surface area contributed by atoms with Gasteiger partial charge in [-0.2, -0.15) is 0 Å². The summed E-state index contributed by atoms with van der Waals surface area (Å²) in [6.45, 7) is 3.21. The van der Waals surface area contributed by atoms with Gasteiger partial charge in [-0.15, -0.1) is 0 Å². The molecule has 0 aliphatic heterocycles. The molecule has 9 heteroatoms. The molecule has 0 unspecified atom stereocenters. The molecule has 0 saturated carbocycles. The first-order valence-electron chi connectivity index (χ1n) is 8.78. The zero-order valence-corrected chi connectivity index (χ0v) is 17.8. The zero-order valence-electron chi connectivity index (χ0n) is 17.0. The van der Waals surface area contributed by atoms with Crippen LogP contribution >= 0.6 is 0 Å². The maximum Gasteiger partial charge on any atom is 0.257 e. The van der Waals surface area contributed by atoms with E-state index in [9.17, 15) is 18.0 Å². The van der Waals surface area contributed by atoms with Gasteiger partial charge in [-0.05, 0) is 32.0 Å². The third-order valence-corrected chi connectivity index (χ3v) is 5.49. The minimum Gasteiger partial charge on any atom is -0.493 e. The molecule has 2 rings (SSSR count). The van der Waals surface area contributed by atoms with Crippen LogP contribution in [0.25, 0.3) is 0 Å². The Morgan fingerprint density at radius 3 is 2.21 bits per heavy atom. The predicted molar refractivity (Wildman–Crippen MR) is 112 cm³/mol. The molecule has 0 aliphatic carbocycles. The van der Waals surface area contributed by atoms with Gasteiger partial charge in [0.15, 0.2) is 17.3 Å². The van der Waals surface area contributed by atoms with Crippen molar-refractivity contribution in [2.24, 2.45) is 0 Å². The third-order valence-electron chi connectivity index (χ3n) is 4.23. The van der Waals surface area contributed by atoms with Crippen LogP contribution in [0.4, 0.5) is 11.4 Å². The van der Waals surface area contributed by atoms with Gasteiger partial charge < -0.3 is 14.8 Å². The maximum absolute atomic E-state index is 13.0. The number of rotatable bonds is 8. The Kier molecular flexibility index (Phi) is 6.86. The molecule has 2 aromatic rings. The molecule has 1 amide bonds. The number of amides is 1. The Bertz CT molecular complexity index is 1030. The van der Waals surface area contributed by atoms with Gasteiger partial charge in [0.25, 0.3) is 5.91 Å². The van der Waals surface area contributed by atoms with Gasteiger partial charge in [0, 0.05) is 23.9 Å². The summed E-state index contributed by atoms with van der Waals surface area (Å²) in [7, 11) is -0.805. The van der Waals surface area contributed by atoms with E-state index in [4.69, 9.17) is 9.47 Å². The summed E-state index contributed by atoms with van der Waals surface area (Å²) in [5, 5.41) is 2.70. The third kappa shape index (κ3) is 5.05. The Morgan fingerprint density at radius 2 is 1.69 bits per heavy atom. The van der Waals surface area contributed by atoms with Gasteiger partial charge in [0.05, 0.1) is 31.7 Å². The molecular weight excluding hydrogens is 396 g/mol. The lowest BCUT2D eigenvalue weighted by Gasteiger charge is -2.24. The van der Waals surface area contributed by atoms with E-state index in [1.807, 2.05) is 0 Å². The molecule has 2 aromatic carbocycles. The minimum atomic E-state index is -3.65. The van der Waals surface area contributed by atoms with Gasteiger partial charge in [0.1, 0.15) is 0 Å². The summed E-state index contributed by atoms with van der Waals surface area (Å²) < 4.78 is 36.1. The lowest BCUT2D eigenvalue weighted by molar-refractivity contribution is 0.101. The van der Waals surface area contributed by atoms with Crippen molar-refractivity contribution >= 4 is 33.1 Å². The van der Waals surface area contributed by atoms with Crippen LogP contribution in [0.3, 0.4) is 0 Å². The molecule has 0 fully saturated rings. The second-order valence-corrected chi connectivity index (χ2v) is 8.15. The average Bonchev–Trinajstić information content (AvgIpc) is 2.67. The van der Waals surface area contributed by atoms with Crippen molar-refractivity contribution in [2.75, 3.05) is 36.6 Å². The molecule has 0 aromatic heterocycles. The van der Waals surface area contributed by atoms with Crippen molar-refractivity contribution in [2.45, 2.75) is 13.8 Å². The first-order valence-corrected chi connectivity index (χ1v) is 10.6. The zero-order chi connectivity index (χ0) is 21.8. The number of Topliss-reactive ketones (excluding diaryl/α,β-unsaturated/α-hetero) is 1. The van der Waals surface area contributed by atoms with Gasteiger partial charge >= 0.3 is 0 Å². The highest BCUT2D eigenvalue weighted by molar-refractivity contribution is 7.92. The molecular formula is C20H24N2O6S. The highest BCUT2D eigenvalue weighted by Crippen LogP contribution is 2.36. The first-order chi connectivity index (χ1) is 13.6. The molecule has 0 spiro atoms. The number of carbonyl (C=O) groups excluding carboxylic acids is 2. The number of ether oxygens (including phenoxy) is 2. The van der Waals surface area contributed by atoms with E-state index >= 15 is 0 Å². The van der Waals surface area contributed by atoms with Gasteiger partial charge in [-0.25, -0.2) is 8.42 Å². The Hall–Kier alpha value is -3.07. The van der Waals surface area contributed by atoms with E-state index in [-0.39, 0.29) is 29.3 Å². The summed E-state index contributed by atoms with van der Waals surface area (Å²) in [5.41, 5.74) is 1.10. The molecule has 29 heavy (non-hydrogen) atoms. The van der Waals surface area contributed by atoms with Crippen molar-refractivity contribution in [1.82, 2.24) is 0 Å². The summed E-state index contributed by atoms with van der Waals surface area (Å²) in [6.07, 6.45) is 1.06. The molecule has 0 aliphatic rings. The van der Waals surface area contributed by atoms with E-state index in [0.717, 1.165) is 10.6 Å². The number of anilines is 2. The van der Waals surface area contributed by atoms with Gasteiger partial charge in [-0.1, -0.05) is 12.1 Å². The largest absolute Gasteiger partial charge is 0.493 e.